The number of hydrogen-bond donors (Lipinski definition) is 1. The lowest BCUT2D eigenvalue weighted by atomic mass is 9.95. The zero-order chi connectivity index (χ0) is 15.4. The summed E-state index contributed by atoms with van der Waals surface area (Å²) in [5.74, 6) is 0.236. The molecule has 1 saturated heterocycles. The van der Waals surface area contributed by atoms with Gasteiger partial charge in [-0.2, -0.15) is 0 Å². The highest BCUT2D eigenvalue weighted by Gasteiger charge is 2.27. The van der Waals surface area contributed by atoms with Crippen LogP contribution in [0.3, 0.4) is 0 Å². The maximum atomic E-state index is 12.8. The normalized spacial score (nSPS) is 19.2. The molecule has 1 aromatic rings. The van der Waals surface area contributed by atoms with Crippen molar-refractivity contribution >= 4 is 17.2 Å². The van der Waals surface area contributed by atoms with Crippen LogP contribution < -0.4 is 5.73 Å². The van der Waals surface area contributed by atoms with Crippen LogP contribution in [0.1, 0.15) is 52.9 Å². The van der Waals surface area contributed by atoms with Gasteiger partial charge in [-0.05, 0) is 57.1 Å². The SMILES string of the molecule is NCCCOC1CCN(C(=O)c2csc3c2CCCC3)CC1. The van der Waals surface area contributed by atoms with Crippen LogP contribution in [0.5, 0.6) is 0 Å². The Labute approximate surface area is 136 Å². The Morgan fingerprint density at radius 2 is 2.09 bits per heavy atom. The lowest BCUT2D eigenvalue weighted by Gasteiger charge is -2.32. The lowest BCUT2D eigenvalue weighted by Crippen LogP contribution is -2.41. The third kappa shape index (κ3) is 3.53. The quantitative estimate of drug-likeness (QED) is 0.848. The van der Waals surface area contributed by atoms with E-state index in [4.69, 9.17) is 10.5 Å². The first-order valence-corrected chi connectivity index (χ1v) is 9.37. The van der Waals surface area contributed by atoms with Gasteiger partial charge in [0.05, 0.1) is 11.7 Å². The predicted molar refractivity (Wildman–Crippen MR) is 89.5 cm³/mol. The molecule has 1 aliphatic heterocycles. The second kappa shape index (κ2) is 7.57. The third-order valence-corrected chi connectivity index (χ3v) is 5.81. The molecule has 22 heavy (non-hydrogen) atoms. The Balaban J connectivity index is 1.55. The zero-order valence-corrected chi connectivity index (χ0v) is 14.0. The van der Waals surface area contributed by atoms with Gasteiger partial charge in [0, 0.05) is 30.0 Å². The monoisotopic (exact) mass is 322 g/mol. The standard InChI is InChI=1S/C17H26N2O2S/c18-8-3-11-21-13-6-9-19(10-7-13)17(20)15-12-22-16-5-2-1-4-14(15)16/h12-13H,1-11,18H2. The fourth-order valence-electron chi connectivity index (χ4n) is 3.40. The molecule has 0 aromatic carbocycles. The molecule has 0 saturated carbocycles. The molecule has 3 rings (SSSR count). The highest BCUT2D eigenvalue weighted by atomic mass is 32.1. The molecule has 0 spiro atoms. The van der Waals surface area contributed by atoms with Crippen molar-refractivity contribution in [3.05, 3.63) is 21.4 Å². The van der Waals surface area contributed by atoms with Crippen LogP contribution in [0.2, 0.25) is 0 Å². The Kier molecular flexibility index (Phi) is 5.50. The van der Waals surface area contributed by atoms with E-state index in [9.17, 15) is 4.79 Å². The number of likely N-dealkylation sites (tertiary alicyclic amines) is 1. The summed E-state index contributed by atoms with van der Waals surface area (Å²) in [4.78, 5) is 16.2. The van der Waals surface area contributed by atoms with Gasteiger partial charge in [-0.1, -0.05) is 0 Å². The van der Waals surface area contributed by atoms with E-state index < -0.39 is 0 Å². The number of carbonyl (C=O) groups is 1. The average Bonchev–Trinajstić information content (AvgIpc) is 2.99. The van der Waals surface area contributed by atoms with E-state index >= 15 is 0 Å². The molecule has 4 nitrogen and oxygen atoms in total. The number of amides is 1. The van der Waals surface area contributed by atoms with Gasteiger partial charge in [0.2, 0.25) is 0 Å². The highest BCUT2D eigenvalue weighted by Crippen LogP contribution is 2.31. The molecule has 1 aromatic heterocycles. The summed E-state index contributed by atoms with van der Waals surface area (Å²) >= 11 is 1.77. The summed E-state index contributed by atoms with van der Waals surface area (Å²) in [6.45, 7) is 3.06. The first-order chi connectivity index (χ1) is 10.8. The Hall–Kier alpha value is -0.910. The number of piperidine rings is 1. The fraction of sp³-hybridized carbons (Fsp3) is 0.706. The molecule has 2 aliphatic rings. The lowest BCUT2D eigenvalue weighted by molar-refractivity contribution is 0.00843. The number of ether oxygens (including phenoxy) is 1. The summed E-state index contributed by atoms with van der Waals surface area (Å²) in [5, 5.41) is 2.09. The minimum absolute atomic E-state index is 0.236. The van der Waals surface area contributed by atoms with E-state index in [-0.39, 0.29) is 5.91 Å². The number of nitrogens with two attached hydrogens (primary N) is 1. The van der Waals surface area contributed by atoms with Crippen molar-refractivity contribution in [3.8, 4) is 0 Å². The highest BCUT2D eigenvalue weighted by molar-refractivity contribution is 7.10. The minimum atomic E-state index is 0.236. The number of rotatable bonds is 5. The number of aryl methyl sites for hydroxylation is 1. The van der Waals surface area contributed by atoms with Gasteiger partial charge in [0.15, 0.2) is 0 Å². The van der Waals surface area contributed by atoms with Crippen molar-refractivity contribution in [1.29, 1.82) is 0 Å². The Morgan fingerprint density at radius 3 is 2.86 bits per heavy atom. The number of nitrogens with zero attached hydrogens (tertiary/aromatic N) is 1. The number of thiophene rings is 1. The van der Waals surface area contributed by atoms with Crippen LogP contribution in [0.4, 0.5) is 0 Å². The van der Waals surface area contributed by atoms with Crippen molar-refractivity contribution < 1.29 is 9.53 Å². The summed E-state index contributed by atoms with van der Waals surface area (Å²) < 4.78 is 5.82. The van der Waals surface area contributed by atoms with E-state index in [1.165, 1.54) is 23.3 Å². The van der Waals surface area contributed by atoms with Crippen molar-refractivity contribution in [3.63, 3.8) is 0 Å². The van der Waals surface area contributed by atoms with E-state index in [1.807, 2.05) is 4.90 Å². The Morgan fingerprint density at radius 1 is 1.32 bits per heavy atom. The van der Waals surface area contributed by atoms with Gasteiger partial charge in [-0.25, -0.2) is 0 Å². The van der Waals surface area contributed by atoms with Gasteiger partial charge in [-0.15, -0.1) is 11.3 Å². The number of carbonyl (C=O) groups excluding carboxylic acids is 1. The van der Waals surface area contributed by atoms with E-state index in [2.05, 4.69) is 5.38 Å². The maximum Gasteiger partial charge on any atom is 0.254 e. The molecule has 0 bridgehead atoms. The molecule has 1 fully saturated rings. The van der Waals surface area contributed by atoms with Crippen LogP contribution >= 0.6 is 11.3 Å². The molecule has 0 unspecified atom stereocenters. The van der Waals surface area contributed by atoms with E-state index in [0.29, 0.717) is 12.6 Å². The molecule has 122 valence electrons. The molecule has 1 amide bonds. The smallest absolute Gasteiger partial charge is 0.254 e. The van der Waals surface area contributed by atoms with Crippen LogP contribution in [-0.4, -0.2) is 43.2 Å². The maximum absolute atomic E-state index is 12.8. The van der Waals surface area contributed by atoms with Crippen molar-refractivity contribution in [2.75, 3.05) is 26.2 Å². The molecular formula is C17H26N2O2S. The third-order valence-electron chi connectivity index (χ3n) is 4.72. The van der Waals surface area contributed by atoms with Crippen LogP contribution in [0.15, 0.2) is 5.38 Å². The molecular weight excluding hydrogens is 296 g/mol. The topological polar surface area (TPSA) is 55.6 Å². The van der Waals surface area contributed by atoms with E-state index in [0.717, 1.165) is 57.4 Å². The van der Waals surface area contributed by atoms with Crippen molar-refractivity contribution in [1.82, 2.24) is 4.90 Å². The van der Waals surface area contributed by atoms with Gasteiger partial charge < -0.3 is 15.4 Å². The van der Waals surface area contributed by atoms with Crippen LogP contribution in [0, 0.1) is 0 Å². The summed E-state index contributed by atoms with van der Waals surface area (Å²) in [7, 11) is 0. The number of fused-ring (bicyclic) bond motifs is 1. The molecule has 1 aliphatic carbocycles. The summed E-state index contributed by atoms with van der Waals surface area (Å²) in [5.41, 5.74) is 7.79. The van der Waals surface area contributed by atoms with Gasteiger partial charge in [0.1, 0.15) is 0 Å². The summed E-state index contributed by atoms with van der Waals surface area (Å²) in [6.07, 6.45) is 7.84. The first kappa shape index (κ1) is 16.0. The molecule has 5 heteroatoms. The average molecular weight is 322 g/mol. The van der Waals surface area contributed by atoms with Gasteiger partial charge >= 0.3 is 0 Å². The van der Waals surface area contributed by atoms with Gasteiger partial charge in [-0.3, -0.25) is 4.79 Å². The molecule has 0 atom stereocenters. The molecule has 2 heterocycles. The fourth-order valence-corrected chi connectivity index (χ4v) is 4.52. The van der Waals surface area contributed by atoms with E-state index in [1.54, 1.807) is 11.3 Å². The molecule has 2 N–H and O–H groups in total. The minimum Gasteiger partial charge on any atom is -0.378 e. The zero-order valence-electron chi connectivity index (χ0n) is 13.2. The molecule has 0 radical (unpaired) electrons. The Bertz CT molecular complexity index is 507. The number of hydrogen-bond acceptors (Lipinski definition) is 4. The first-order valence-electron chi connectivity index (χ1n) is 8.49. The predicted octanol–water partition coefficient (Wildman–Crippen LogP) is 2.60. The van der Waals surface area contributed by atoms with Crippen LogP contribution in [0.25, 0.3) is 0 Å². The second-order valence-corrected chi connectivity index (χ2v) is 7.23. The van der Waals surface area contributed by atoms with Crippen molar-refractivity contribution in [2.45, 2.75) is 51.0 Å². The summed E-state index contributed by atoms with van der Waals surface area (Å²) in [6, 6.07) is 0. The van der Waals surface area contributed by atoms with Gasteiger partial charge in [0.25, 0.3) is 5.91 Å². The second-order valence-electron chi connectivity index (χ2n) is 6.26. The van der Waals surface area contributed by atoms with Crippen molar-refractivity contribution in [2.24, 2.45) is 5.73 Å². The van der Waals surface area contributed by atoms with Crippen LogP contribution in [-0.2, 0) is 17.6 Å². The largest absolute Gasteiger partial charge is 0.378 e.